The number of amides is 1. The Morgan fingerprint density at radius 1 is 1.38 bits per heavy atom. The van der Waals surface area contributed by atoms with E-state index in [-0.39, 0.29) is 12.5 Å². The molecule has 1 amide bonds. The molecule has 0 saturated heterocycles. The summed E-state index contributed by atoms with van der Waals surface area (Å²) in [5.41, 5.74) is -0.0131. The molecular weight excluding hydrogens is 296 g/mol. The summed E-state index contributed by atoms with van der Waals surface area (Å²) in [7, 11) is 0. The SMILES string of the molecule is CC(C)(C)OC(=O)NC(Cc1ccccn1)C(=O)OCCl. The van der Waals surface area contributed by atoms with E-state index in [1.807, 2.05) is 0 Å². The third-order valence-corrected chi connectivity index (χ3v) is 2.42. The maximum absolute atomic E-state index is 11.8. The largest absolute Gasteiger partial charge is 0.448 e. The standard InChI is InChI=1S/C14H19ClN2O4/c1-14(2,3)21-13(19)17-11(12(18)20-9-15)8-10-6-4-5-7-16-10/h4-7,11H,8-9H2,1-3H3,(H,17,19). The van der Waals surface area contributed by atoms with E-state index in [0.29, 0.717) is 5.69 Å². The van der Waals surface area contributed by atoms with E-state index in [0.717, 1.165) is 0 Å². The van der Waals surface area contributed by atoms with Gasteiger partial charge in [0.05, 0.1) is 0 Å². The molecule has 6 nitrogen and oxygen atoms in total. The van der Waals surface area contributed by atoms with Crippen molar-refractivity contribution in [3.63, 3.8) is 0 Å². The van der Waals surface area contributed by atoms with Gasteiger partial charge in [0.25, 0.3) is 0 Å². The number of carbonyl (C=O) groups is 2. The van der Waals surface area contributed by atoms with Gasteiger partial charge in [-0.15, -0.1) is 0 Å². The van der Waals surface area contributed by atoms with Crippen molar-refractivity contribution in [3.8, 4) is 0 Å². The molecule has 0 radical (unpaired) electrons. The molecule has 0 bridgehead atoms. The molecule has 1 heterocycles. The normalized spacial score (nSPS) is 12.4. The first-order valence-electron chi connectivity index (χ1n) is 6.44. The van der Waals surface area contributed by atoms with E-state index in [1.165, 1.54) is 0 Å². The molecule has 21 heavy (non-hydrogen) atoms. The lowest BCUT2D eigenvalue weighted by atomic mass is 10.1. The summed E-state index contributed by atoms with van der Waals surface area (Å²) in [4.78, 5) is 27.7. The Labute approximate surface area is 128 Å². The van der Waals surface area contributed by atoms with E-state index in [1.54, 1.807) is 45.2 Å². The van der Waals surface area contributed by atoms with Gasteiger partial charge in [0, 0.05) is 18.3 Å². The first-order valence-corrected chi connectivity index (χ1v) is 6.97. The average molecular weight is 315 g/mol. The Morgan fingerprint density at radius 3 is 2.62 bits per heavy atom. The van der Waals surface area contributed by atoms with Gasteiger partial charge < -0.3 is 14.8 Å². The second-order valence-electron chi connectivity index (χ2n) is 5.30. The predicted molar refractivity (Wildman–Crippen MR) is 77.9 cm³/mol. The number of halogens is 1. The second kappa shape index (κ2) is 7.83. The number of hydrogen-bond acceptors (Lipinski definition) is 5. The molecule has 116 valence electrons. The lowest BCUT2D eigenvalue weighted by Gasteiger charge is -2.22. The first kappa shape index (κ1) is 17.2. The van der Waals surface area contributed by atoms with Crippen molar-refractivity contribution < 1.29 is 19.1 Å². The monoisotopic (exact) mass is 314 g/mol. The number of carbonyl (C=O) groups excluding carboxylic acids is 2. The summed E-state index contributed by atoms with van der Waals surface area (Å²) in [5, 5.41) is 2.47. The van der Waals surface area contributed by atoms with Crippen molar-refractivity contribution in [2.75, 3.05) is 6.07 Å². The summed E-state index contributed by atoms with van der Waals surface area (Å²) in [6.07, 6.45) is 1.10. The molecule has 1 unspecified atom stereocenters. The zero-order valence-electron chi connectivity index (χ0n) is 12.3. The van der Waals surface area contributed by atoms with Crippen LogP contribution in [0.15, 0.2) is 24.4 Å². The lowest BCUT2D eigenvalue weighted by molar-refractivity contribution is -0.144. The number of esters is 1. The van der Waals surface area contributed by atoms with Crippen LogP contribution < -0.4 is 5.32 Å². The summed E-state index contributed by atoms with van der Waals surface area (Å²) in [6.45, 7) is 5.20. The molecule has 7 heteroatoms. The number of alkyl halides is 1. The van der Waals surface area contributed by atoms with Gasteiger partial charge in [-0.2, -0.15) is 0 Å². The number of nitrogens with zero attached hydrogens (tertiary/aromatic N) is 1. The molecule has 1 aromatic heterocycles. The van der Waals surface area contributed by atoms with Gasteiger partial charge in [0.1, 0.15) is 11.6 Å². The van der Waals surface area contributed by atoms with Crippen LogP contribution in [0.3, 0.4) is 0 Å². The lowest BCUT2D eigenvalue weighted by Crippen LogP contribution is -2.45. The van der Waals surface area contributed by atoms with Crippen LogP contribution in [-0.2, 0) is 20.7 Å². The summed E-state index contributed by atoms with van der Waals surface area (Å²) < 4.78 is 9.86. The van der Waals surface area contributed by atoms with Crippen molar-refractivity contribution in [2.45, 2.75) is 38.8 Å². The number of aromatic nitrogens is 1. The van der Waals surface area contributed by atoms with Gasteiger partial charge >= 0.3 is 12.1 Å². The zero-order chi connectivity index (χ0) is 15.9. The van der Waals surface area contributed by atoms with Crippen LogP contribution >= 0.6 is 11.6 Å². The topological polar surface area (TPSA) is 77.5 Å². The van der Waals surface area contributed by atoms with Crippen LogP contribution in [0.4, 0.5) is 4.79 Å². The van der Waals surface area contributed by atoms with E-state index < -0.39 is 23.7 Å². The molecule has 0 aromatic carbocycles. The smallest absolute Gasteiger partial charge is 0.408 e. The number of alkyl carbamates (subject to hydrolysis) is 1. The minimum absolute atomic E-state index is 0.190. The van der Waals surface area contributed by atoms with Gasteiger partial charge in [-0.25, -0.2) is 9.59 Å². The minimum Gasteiger partial charge on any atom is -0.448 e. The fourth-order valence-corrected chi connectivity index (χ4v) is 1.63. The van der Waals surface area contributed by atoms with Crippen LogP contribution in [0, 0.1) is 0 Å². The highest BCUT2D eigenvalue weighted by atomic mass is 35.5. The second-order valence-corrected chi connectivity index (χ2v) is 5.51. The maximum atomic E-state index is 11.8. The molecule has 0 saturated carbocycles. The summed E-state index contributed by atoms with van der Waals surface area (Å²) in [5.74, 6) is -0.637. The highest BCUT2D eigenvalue weighted by Crippen LogP contribution is 2.08. The van der Waals surface area contributed by atoms with Gasteiger partial charge in [-0.1, -0.05) is 17.7 Å². The van der Waals surface area contributed by atoms with Gasteiger partial charge in [-0.05, 0) is 32.9 Å². The minimum atomic E-state index is -0.909. The molecule has 0 spiro atoms. The van der Waals surface area contributed by atoms with Crippen molar-refractivity contribution in [1.82, 2.24) is 10.3 Å². The molecular formula is C14H19ClN2O4. The third kappa shape index (κ3) is 6.94. The van der Waals surface area contributed by atoms with Crippen LogP contribution in [0.2, 0.25) is 0 Å². The van der Waals surface area contributed by atoms with Crippen molar-refractivity contribution in [1.29, 1.82) is 0 Å². The van der Waals surface area contributed by atoms with Crippen molar-refractivity contribution in [3.05, 3.63) is 30.1 Å². The number of hydrogen-bond donors (Lipinski definition) is 1. The number of ether oxygens (including phenoxy) is 2. The Hall–Kier alpha value is -1.82. The van der Waals surface area contributed by atoms with Crippen molar-refractivity contribution >= 4 is 23.7 Å². The van der Waals surface area contributed by atoms with Gasteiger partial charge in [0.15, 0.2) is 6.07 Å². The molecule has 1 aromatic rings. The fourth-order valence-electron chi connectivity index (χ4n) is 1.53. The van der Waals surface area contributed by atoms with E-state index in [2.05, 4.69) is 10.3 Å². The van der Waals surface area contributed by atoms with Gasteiger partial charge in [-0.3, -0.25) is 4.98 Å². The van der Waals surface area contributed by atoms with Crippen molar-refractivity contribution in [2.24, 2.45) is 0 Å². The molecule has 1 N–H and O–H groups in total. The van der Waals surface area contributed by atoms with Crippen LogP contribution in [-0.4, -0.2) is 34.8 Å². The zero-order valence-corrected chi connectivity index (χ0v) is 13.0. The molecule has 0 aliphatic carbocycles. The first-order chi connectivity index (χ1) is 9.81. The fraction of sp³-hybridized carbons (Fsp3) is 0.500. The number of pyridine rings is 1. The molecule has 1 atom stereocenters. The number of rotatable bonds is 5. The average Bonchev–Trinajstić information content (AvgIpc) is 2.37. The molecule has 0 aliphatic rings. The Balaban J connectivity index is 2.73. The quantitative estimate of drug-likeness (QED) is 0.666. The van der Waals surface area contributed by atoms with Crippen LogP contribution in [0.1, 0.15) is 26.5 Å². The maximum Gasteiger partial charge on any atom is 0.408 e. The third-order valence-electron chi connectivity index (χ3n) is 2.31. The van der Waals surface area contributed by atoms with Gasteiger partial charge in [0.2, 0.25) is 0 Å². The van der Waals surface area contributed by atoms with Crippen LogP contribution in [0.25, 0.3) is 0 Å². The Morgan fingerprint density at radius 2 is 2.10 bits per heavy atom. The van der Waals surface area contributed by atoms with E-state index in [4.69, 9.17) is 21.1 Å². The molecule has 0 aliphatic heterocycles. The number of nitrogens with one attached hydrogen (secondary N) is 1. The highest BCUT2D eigenvalue weighted by Gasteiger charge is 2.26. The predicted octanol–water partition coefficient (Wildman–Crippen LogP) is 2.26. The molecule has 1 rings (SSSR count). The highest BCUT2D eigenvalue weighted by molar-refractivity contribution is 6.17. The van der Waals surface area contributed by atoms with Crippen LogP contribution in [0.5, 0.6) is 0 Å². The Kier molecular flexibility index (Phi) is 6.42. The van der Waals surface area contributed by atoms with E-state index in [9.17, 15) is 9.59 Å². The summed E-state index contributed by atoms with van der Waals surface area (Å²) in [6, 6.07) is 4.11. The Bertz CT molecular complexity index is 474. The van der Waals surface area contributed by atoms with E-state index >= 15 is 0 Å². The summed E-state index contributed by atoms with van der Waals surface area (Å²) >= 11 is 5.38. The molecule has 0 fully saturated rings.